The maximum absolute atomic E-state index is 12.8. The van der Waals surface area contributed by atoms with Gasteiger partial charge in [0.05, 0.1) is 6.54 Å². The highest BCUT2D eigenvalue weighted by atomic mass is 16.5. The number of fused-ring (bicyclic) bond motifs is 1. The number of hydrogen-bond donors (Lipinski definition) is 1. The van der Waals surface area contributed by atoms with Crippen LogP contribution in [0.2, 0.25) is 0 Å². The Morgan fingerprint density at radius 3 is 2.66 bits per heavy atom. The smallest absolute Gasteiger partial charge is 0.231 e. The van der Waals surface area contributed by atoms with Crippen molar-refractivity contribution in [3.8, 4) is 0 Å². The molecule has 6 nitrogen and oxygen atoms in total. The average molecular weight is 402 g/mol. The molecule has 0 unspecified atom stereocenters. The molecule has 1 aromatic carbocycles. The molecule has 2 N–H and O–H groups in total. The molecule has 0 saturated carbocycles. The van der Waals surface area contributed by atoms with Gasteiger partial charge in [-0.3, -0.25) is 14.5 Å². The van der Waals surface area contributed by atoms with Crippen LogP contribution in [0.1, 0.15) is 37.7 Å². The van der Waals surface area contributed by atoms with Crippen LogP contribution in [0.15, 0.2) is 30.3 Å². The van der Waals surface area contributed by atoms with Crippen molar-refractivity contribution in [2.45, 2.75) is 38.5 Å². The van der Waals surface area contributed by atoms with Crippen molar-refractivity contribution in [2.24, 2.45) is 17.1 Å². The largest absolute Gasteiger partial charge is 0.385 e. The van der Waals surface area contributed by atoms with E-state index in [0.717, 1.165) is 64.9 Å². The standard InChI is InChI=1S/C23H35N3O3/c1-29-13-7-3-6-10-22(28)26-15-20-14-25(16-21(24)27)17-23(20,18-26)12-11-19-8-4-2-5-9-19/h2,4-5,8-9,20H,3,6-7,10-18H2,1H3,(H2,24,27)/t20-,23+/m0/s1. The number of likely N-dealkylation sites (tertiary alicyclic amines) is 2. The van der Waals surface area contributed by atoms with Gasteiger partial charge in [0.15, 0.2) is 0 Å². The fraction of sp³-hybridized carbons (Fsp3) is 0.652. The molecule has 2 fully saturated rings. The second-order valence-electron chi connectivity index (χ2n) is 8.76. The SMILES string of the molecule is COCCCCCC(=O)N1C[C@@H]2CN(CC(N)=O)C[C@]2(CCc2ccccc2)C1. The van der Waals surface area contributed by atoms with Gasteiger partial charge in [0, 0.05) is 51.7 Å². The first-order valence-corrected chi connectivity index (χ1v) is 10.8. The molecule has 2 aliphatic rings. The number of hydrogen-bond acceptors (Lipinski definition) is 4. The third kappa shape index (κ3) is 5.80. The van der Waals surface area contributed by atoms with Gasteiger partial charge in [-0.15, -0.1) is 0 Å². The minimum atomic E-state index is -0.271. The molecule has 29 heavy (non-hydrogen) atoms. The van der Waals surface area contributed by atoms with E-state index in [1.807, 2.05) is 6.07 Å². The maximum atomic E-state index is 12.8. The van der Waals surface area contributed by atoms with Gasteiger partial charge in [0.2, 0.25) is 11.8 Å². The van der Waals surface area contributed by atoms with Gasteiger partial charge >= 0.3 is 0 Å². The zero-order valence-electron chi connectivity index (χ0n) is 17.6. The van der Waals surface area contributed by atoms with Gasteiger partial charge in [0.1, 0.15) is 0 Å². The van der Waals surface area contributed by atoms with Crippen LogP contribution in [0.5, 0.6) is 0 Å². The van der Waals surface area contributed by atoms with Crippen molar-refractivity contribution in [3.63, 3.8) is 0 Å². The zero-order valence-corrected chi connectivity index (χ0v) is 17.6. The van der Waals surface area contributed by atoms with Gasteiger partial charge in [-0.2, -0.15) is 0 Å². The maximum Gasteiger partial charge on any atom is 0.231 e. The number of rotatable bonds is 11. The molecular formula is C23H35N3O3. The number of primary amides is 1. The molecule has 2 amide bonds. The van der Waals surface area contributed by atoms with E-state index in [9.17, 15) is 9.59 Å². The van der Waals surface area contributed by atoms with Crippen LogP contribution in [0.4, 0.5) is 0 Å². The van der Waals surface area contributed by atoms with Crippen LogP contribution >= 0.6 is 0 Å². The number of unbranched alkanes of at least 4 members (excludes halogenated alkanes) is 2. The highest BCUT2D eigenvalue weighted by Gasteiger charge is 2.52. The Balaban J connectivity index is 1.59. The molecule has 2 saturated heterocycles. The summed E-state index contributed by atoms with van der Waals surface area (Å²) in [7, 11) is 1.71. The molecule has 0 aliphatic carbocycles. The van der Waals surface area contributed by atoms with Crippen molar-refractivity contribution >= 4 is 11.8 Å². The number of nitrogens with two attached hydrogens (primary N) is 1. The van der Waals surface area contributed by atoms with Crippen LogP contribution in [-0.4, -0.2) is 68.1 Å². The fourth-order valence-electron chi connectivity index (χ4n) is 5.07. The third-order valence-corrected chi connectivity index (χ3v) is 6.56. The molecule has 2 aliphatic heterocycles. The molecule has 3 rings (SSSR count). The minimum absolute atomic E-state index is 0.0665. The van der Waals surface area contributed by atoms with E-state index in [1.165, 1.54) is 5.56 Å². The van der Waals surface area contributed by atoms with E-state index in [0.29, 0.717) is 18.9 Å². The second-order valence-corrected chi connectivity index (χ2v) is 8.76. The summed E-state index contributed by atoms with van der Waals surface area (Å²) in [5.41, 5.74) is 6.84. The molecule has 2 heterocycles. The van der Waals surface area contributed by atoms with E-state index in [1.54, 1.807) is 7.11 Å². The lowest BCUT2D eigenvalue weighted by Gasteiger charge is -2.29. The van der Waals surface area contributed by atoms with Crippen LogP contribution in [0.25, 0.3) is 0 Å². The van der Waals surface area contributed by atoms with E-state index < -0.39 is 0 Å². The zero-order chi connectivity index (χ0) is 20.7. The molecule has 2 atom stereocenters. The predicted octanol–water partition coefficient (Wildman–Crippen LogP) is 2.07. The van der Waals surface area contributed by atoms with E-state index in [2.05, 4.69) is 34.1 Å². The highest BCUT2D eigenvalue weighted by Crippen LogP contribution is 2.46. The number of aryl methyl sites for hydroxylation is 1. The van der Waals surface area contributed by atoms with Crippen molar-refractivity contribution in [1.29, 1.82) is 0 Å². The monoisotopic (exact) mass is 401 g/mol. The van der Waals surface area contributed by atoms with Crippen molar-refractivity contribution in [1.82, 2.24) is 9.80 Å². The number of ether oxygens (including phenoxy) is 1. The summed E-state index contributed by atoms with van der Waals surface area (Å²) in [5, 5.41) is 0. The van der Waals surface area contributed by atoms with Crippen molar-refractivity contribution in [3.05, 3.63) is 35.9 Å². The summed E-state index contributed by atoms with van der Waals surface area (Å²) in [6, 6.07) is 10.5. The summed E-state index contributed by atoms with van der Waals surface area (Å²) in [6.07, 6.45) is 5.62. The number of carbonyl (C=O) groups excluding carboxylic acids is 2. The normalized spacial score (nSPS) is 24.0. The Kier molecular flexibility index (Phi) is 7.67. The first-order chi connectivity index (χ1) is 14.0. The molecule has 6 heteroatoms. The molecule has 0 spiro atoms. The predicted molar refractivity (Wildman–Crippen MR) is 113 cm³/mol. The van der Waals surface area contributed by atoms with Crippen molar-refractivity contribution < 1.29 is 14.3 Å². The van der Waals surface area contributed by atoms with Gasteiger partial charge in [0.25, 0.3) is 0 Å². The molecule has 0 radical (unpaired) electrons. The van der Waals surface area contributed by atoms with Gasteiger partial charge < -0.3 is 15.4 Å². The first-order valence-electron chi connectivity index (χ1n) is 10.8. The Morgan fingerprint density at radius 1 is 1.14 bits per heavy atom. The minimum Gasteiger partial charge on any atom is -0.385 e. The number of benzene rings is 1. The Bertz CT molecular complexity index is 681. The van der Waals surface area contributed by atoms with E-state index >= 15 is 0 Å². The third-order valence-electron chi connectivity index (χ3n) is 6.56. The lowest BCUT2D eigenvalue weighted by molar-refractivity contribution is -0.131. The summed E-state index contributed by atoms with van der Waals surface area (Å²) in [4.78, 5) is 28.5. The van der Waals surface area contributed by atoms with Crippen molar-refractivity contribution in [2.75, 3.05) is 46.4 Å². The fourth-order valence-corrected chi connectivity index (χ4v) is 5.07. The van der Waals surface area contributed by atoms with E-state index in [4.69, 9.17) is 10.5 Å². The summed E-state index contributed by atoms with van der Waals surface area (Å²) >= 11 is 0. The molecule has 1 aromatic rings. The number of methoxy groups -OCH3 is 1. The lowest BCUT2D eigenvalue weighted by Crippen LogP contribution is -2.39. The number of nitrogens with zero attached hydrogens (tertiary/aromatic N) is 2. The number of carbonyl (C=O) groups is 2. The lowest BCUT2D eigenvalue weighted by atomic mass is 9.76. The van der Waals surface area contributed by atoms with Gasteiger partial charge in [-0.25, -0.2) is 0 Å². The molecule has 160 valence electrons. The van der Waals surface area contributed by atoms with Crippen LogP contribution < -0.4 is 5.73 Å². The van der Waals surface area contributed by atoms with Crippen LogP contribution in [-0.2, 0) is 20.7 Å². The summed E-state index contributed by atoms with van der Waals surface area (Å²) < 4.78 is 5.08. The van der Waals surface area contributed by atoms with Crippen LogP contribution in [0.3, 0.4) is 0 Å². The molecule has 0 aromatic heterocycles. The Labute approximate surface area is 174 Å². The van der Waals surface area contributed by atoms with E-state index in [-0.39, 0.29) is 17.2 Å². The first kappa shape index (κ1) is 21.8. The highest BCUT2D eigenvalue weighted by molar-refractivity contribution is 5.77. The second kappa shape index (κ2) is 10.2. The Hall–Kier alpha value is -1.92. The van der Waals surface area contributed by atoms with Gasteiger partial charge in [-0.1, -0.05) is 36.8 Å². The van der Waals surface area contributed by atoms with Gasteiger partial charge in [-0.05, 0) is 37.2 Å². The summed E-state index contributed by atoms with van der Waals surface area (Å²) in [5.74, 6) is 0.424. The average Bonchev–Trinajstić information content (AvgIpc) is 3.20. The number of amides is 2. The summed E-state index contributed by atoms with van der Waals surface area (Å²) in [6.45, 7) is 4.40. The quantitative estimate of drug-likeness (QED) is 0.576. The Morgan fingerprint density at radius 2 is 1.93 bits per heavy atom. The topological polar surface area (TPSA) is 75.9 Å². The molecule has 0 bridgehead atoms. The van der Waals surface area contributed by atoms with Crippen LogP contribution in [0, 0.1) is 11.3 Å². The molecular weight excluding hydrogens is 366 g/mol.